The van der Waals surface area contributed by atoms with Crippen LogP contribution in [0, 0.1) is 0 Å². The van der Waals surface area contributed by atoms with Gasteiger partial charge >= 0.3 is 0 Å². The second kappa shape index (κ2) is 5.56. The van der Waals surface area contributed by atoms with E-state index in [9.17, 15) is 15.3 Å². The van der Waals surface area contributed by atoms with Crippen LogP contribution in [0.3, 0.4) is 0 Å². The van der Waals surface area contributed by atoms with Gasteiger partial charge in [0.05, 0.1) is 12.7 Å². The number of nitrogens with one attached hydrogen (secondary N) is 1. The zero-order valence-corrected chi connectivity index (χ0v) is 10.9. The summed E-state index contributed by atoms with van der Waals surface area (Å²) in [4.78, 5) is 0. The van der Waals surface area contributed by atoms with Gasteiger partial charge in [0.1, 0.15) is 0 Å². The molecule has 5 heteroatoms. The van der Waals surface area contributed by atoms with Gasteiger partial charge < -0.3 is 25.7 Å². The fourth-order valence-corrected chi connectivity index (χ4v) is 1.54. The minimum Gasteiger partial charge on any atom is -0.504 e. The molecule has 0 heterocycles. The molecule has 0 amide bonds. The molecule has 1 rings (SSSR count). The molecule has 0 aliphatic rings. The average molecular weight is 255 g/mol. The number of hydrogen-bond donors (Lipinski definition) is 5. The van der Waals surface area contributed by atoms with Gasteiger partial charge in [0.15, 0.2) is 11.5 Å². The number of phenols is 2. The Bertz CT molecular complexity index is 412. The smallest absolute Gasteiger partial charge is 0.163 e. The van der Waals surface area contributed by atoms with Crippen molar-refractivity contribution in [2.24, 2.45) is 0 Å². The summed E-state index contributed by atoms with van der Waals surface area (Å²) in [5.41, 5.74) is 0.519. The highest BCUT2D eigenvalue weighted by Crippen LogP contribution is 2.32. The molecule has 1 aromatic carbocycles. The van der Waals surface area contributed by atoms with E-state index in [0.717, 1.165) is 0 Å². The highest BCUT2D eigenvalue weighted by molar-refractivity contribution is 5.47. The van der Waals surface area contributed by atoms with Gasteiger partial charge in [0, 0.05) is 17.6 Å². The molecule has 0 spiro atoms. The predicted octanol–water partition coefficient (Wildman–Crippen LogP) is 1.01. The van der Waals surface area contributed by atoms with Crippen LogP contribution < -0.4 is 5.32 Å². The third-order valence-corrected chi connectivity index (χ3v) is 2.57. The maximum atomic E-state index is 9.98. The van der Waals surface area contributed by atoms with Crippen LogP contribution in [0.4, 0.5) is 0 Å². The first-order valence-electron chi connectivity index (χ1n) is 5.83. The molecule has 0 aromatic heterocycles. The van der Waals surface area contributed by atoms with Crippen LogP contribution in [0.25, 0.3) is 0 Å². The van der Waals surface area contributed by atoms with Gasteiger partial charge in [-0.25, -0.2) is 0 Å². The maximum Gasteiger partial charge on any atom is 0.163 e. The number of aliphatic hydroxyl groups excluding tert-OH is 2. The van der Waals surface area contributed by atoms with Crippen LogP contribution in [0.15, 0.2) is 12.1 Å². The second-order valence-corrected chi connectivity index (χ2v) is 5.35. The molecule has 5 N–H and O–H groups in total. The molecule has 1 unspecified atom stereocenters. The van der Waals surface area contributed by atoms with Gasteiger partial charge in [0.25, 0.3) is 0 Å². The number of hydrogen-bond acceptors (Lipinski definition) is 5. The number of benzene rings is 1. The van der Waals surface area contributed by atoms with Crippen LogP contribution >= 0.6 is 0 Å². The molecule has 0 saturated carbocycles. The quantitative estimate of drug-likeness (QED) is 0.518. The normalized spacial score (nSPS) is 13.6. The molecule has 0 radical (unpaired) electrons. The van der Waals surface area contributed by atoms with Gasteiger partial charge in [-0.15, -0.1) is 0 Å². The highest BCUT2D eigenvalue weighted by atomic mass is 16.3. The Hall–Kier alpha value is -1.30. The van der Waals surface area contributed by atoms with E-state index < -0.39 is 12.7 Å². The van der Waals surface area contributed by atoms with E-state index in [1.807, 2.05) is 20.8 Å². The van der Waals surface area contributed by atoms with Gasteiger partial charge in [0.2, 0.25) is 0 Å². The first-order valence-corrected chi connectivity index (χ1v) is 5.83. The summed E-state index contributed by atoms with van der Waals surface area (Å²) >= 11 is 0. The fourth-order valence-electron chi connectivity index (χ4n) is 1.54. The van der Waals surface area contributed by atoms with E-state index in [2.05, 4.69) is 5.32 Å². The number of phenolic OH excluding ortho intramolecular Hbond substituents is 1. The molecule has 18 heavy (non-hydrogen) atoms. The van der Waals surface area contributed by atoms with E-state index in [4.69, 9.17) is 5.11 Å². The predicted molar refractivity (Wildman–Crippen MR) is 68.4 cm³/mol. The Morgan fingerprint density at radius 3 is 2.33 bits per heavy atom. The first-order chi connectivity index (χ1) is 8.24. The summed E-state index contributed by atoms with van der Waals surface area (Å²) in [6, 6.07) is 2.77. The molecule has 1 aromatic rings. The highest BCUT2D eigenvalue weighted by Gasteiger charge is 2.16. The molecule has 0 bridgehead atoms. The molecule has 1 atom stereocenters. The Morgan fingerprint density at radius 2 is 1.83 bits per heavy atom. The van der Waals surface area contributed by atoms with Crippen LogP contribution in [-0.2, 0) is 6.61 Å². The van der Waals surface area contributed by atoms with Crippen LogP contribution in [0.2, 0.25) is 0 Å². The lowest BCUT2D eigenvalue weighted by Crippen LogP contribution is -2.38. The Labute approximate surface area is 107 Å². The topological polar surface area (TPSA) is 93.0 Å². The van der Waals surface area contributed by atoms with E-state index in [0.29, 0.717) is 12.1 Å². The Kier molecular flexibility index (Phi) is 4.56. The monoisotopic (exact) mass is 255 g/mol. The lowest BCUT2D eigenvalue weighted by atomic mass is 10.0. The summed E-state index contributed by atoms with van der Waals surface area (Å²) in [5.74, 6) is -0.691. The molecule has 0 aliphatic carbocycles. The lowest BCUT2D eigenvalue weighted by Gasteiger charge is -2.23. The summed E-state index contributed by atoms with van der Waals surface area (Å²) in [7, 11) is 0. The summed E-state index contributed by atoms with van der Waals surface area (Å²) in [6.07, 6.45) is -0.818. The summed E-state index contributed by atoms with van der Waals surface area (Å²) in [5, 5.41) is 41.1. The summed E-state index contributed by atoms with van der Waals surface area (Å²) in [6.45, 7) is 5.86. The van der Waals surface area contributed by atoms with Crippen LogP contribution in [0.5, 0.6) is 11.5 Å². The standard InChI is InChI=1S/C13H21NO4/c1-13(2,3)14-6-11(17)8-4-9(7-15)12(18)10(16)5-8/h4-5,11,14-18H,6-7H2,1-3H3. The summed E-state index contributed by atoms with van der Waals surface area (Å²) < 4.78 is 0. The van der Waals surface area contributed by atoms with Crippen molar-refractivity contribution in [2.75, 3.05) is 6.54 Å². The Balaban J connectivity index is 2.86. The largest absolute Gasteiger partial charge is 0.504 e. The fraction of sp³-hybridized carbons (Fsp3) is 0.538. The van der Waals surface area contributed by atoms with Crippen molar-refractivity contribution in [3.8, 4) is 11.5 Å². The van der Waals surface area contributed by atoms with Crippen molar-refractivity contribution in [3.63, 3.8) is 0 Å². The Morgan fingerprint density at radius 1 is 1.22 bits per heavy atom. The number of β-amino-alcohol motifs (C(OH)–C–C–N with tert-alkyl or cyclic N) is 1. The molecule has 0 saturated heterocycles. The molecule has 0 fully saturated rings. The van der Waals surface area contributed by atoms with E-state index in [1.165, 1.54) is 12.1 Å². The van der Waals surface area contributed by atoms with Crippen molar-refractivity contribution >= 4 is 0 Å². The van der Waals surface area contributed by atoms with Crippen LogP contribution in [-0.4, -0.2) is 32.5 Å². The lowest BCUT2D eigenvalue weighted by molar-refractivity contribution is 0.162. The maximum absolute atomic E-state index is 9.98. The van der Waals surface area contributed by atoms with Gasteiger partial charge in [-0.05, 0) is 38.5 Å². The van der Waals surface area contributed by atoms with E-state index in [1.54, 1.807) is 0 Å². The van der Waals surface area contributed by atoms with Gasteiger partial charge in [-0.3, -0.25) is 0 Å². The molecular formula is C13H21NO4. The van der Waals surface area contributed by atoms with Gasteiger partial charge in [-0.1, -0.05) is 0 Å². The minimum absolute atomic E-state index is 0.125. The van der Waals surface area contributed by atoms with Crippen molar-refractivity contribution in [1.82, 2.24) is 5.32 Å². The molecular weight excluding hydrogens is 234 g/mol. The molecule has 0 aliphatic heterocycles. The number of aliphatic hydroxyl groups is 2. The average Bonchev–Trinajstić information content (AvgIpc) is 2.28. The minimum atomic E-state index is -0.818. The SMILES string of the molecule is CC(C)(C)NCC(O)c1cc(O)c(O)c(CO)c1. The van der Waals surface area contributed by atoms with E-state index in [-0.39, 0.29) is 22.6 Å². The van der Waals surface area contributed by atoms with Crippen molar-refractivity contribution in [1.29, 1.82) is 0 Å². The van der Waals surface area contributed by atoms with Gasteiger partial charge in [-0.2, -0.15) is 0 Å². The molecule has 102 valence electrons. The number of aromatic hydroxyl groups is 2. The first kappa shape index (κ1) is 14.8. The molecule has 5 nitrogen and oxygen atoms in total. The van der Waals surface area contributed by atoms with E-state index >= 15 is 0 Å². The van der Waals surface area contributed by atoms with Crippen molar-refractivity contribution < 1.29 is 20.4 Å². The van der Waals surface area contributed by atoms with Crippen LogP contribution in [0.1, 0.15) is 38.0 Å². The number of rotatable bonds is 4. The zero-order chi connectivity index (χ0) is 13.9. The third-order valence-electron chi connectivity index (χ3n) is 2.57. The zero-order valence-electron chi connectivity index (χ0n) is 10.9. The van der Waals surface area contributed by atoms with Crippen molar-refractivity contribution in [3.05, 3.63) is 23.3 Å². The van der Waals surface area contributed by atoms with Crippen molar-refractivity contribution in [2.45, 2.75) is 39.0 Å². The second-order valence-electron chi connectivity index (χ2n) is 5.35. The third kappa shape index (κ3) is 3.87.